The van der Waals surface area contributed by atoms with E-state index in [0.29, 0.717) is 62.4 Å². The van der Waals surface area contributed by atoms with Gasteiger partial charge in [-0.2, -0.15) is 0 Å². The number of carbonyl (C=O) groups excluding carboxylic acids is 2. The Balaban J connectivity index is 1.24. The minimum Gasteiger partial charge on any atom is -0.489 e. The first-order chi connectivity index (χ1) is 17.0. The third kappa shape index (κ3) is 6.69. The maximum Gasteiger partial charge on any atom is 0.253 e. The van der Waals surface area contributed by atoms with Crippen molar-refractivity contribution >= 4 is 11.8 Å². The van der Waals surface area contributed by atoms with Crippen LogP contribution in [0.5, 0.6) is 5.75 Å². The van der Waals surface area contributed by atoms with Crippen LogP contribution in [0.2, 0.25) is 0 Å². The van der Waals surface area contributed by atoms with E-state index in [1.165, 1.54) is 11.6 Å². The van der Waals surface area contributed by atoms with E-state index in [0.717, 1.165) is 5.56 Å². The molecule has 1 aliphatic rings. The van der Waals surface area contributed by atoms with Gasteiger partial charge in [-0.15, -0.1) is 0 Å². The van der Waals surface area contributed by atoms with Gasteiger partial charge in [0, 0.05) is 31.1 Å². The Morgan fingerprint density at radius 2 is 1.77 bits per heavy atom. The number of amides is 2. The highest BCUT2D eigenvalue weighted by Crippen LogP contribution is 2.22. The highest BCUT2D eigenvalue weighted by molar-refractivity contribution is 5.94. The van der Waals surface area contributed by atoms with Crippen LogP contribution in [-0.2, 0) is 17.8 Å². The fraction of sp³-hybridized carbons (Fsp3) is 0.310. The highest BCUT2D eigenvalue weighted by Gasteiger charge is 2.27. The van der Waals surface area contributed by atoms with Gasteiger partial charge in [-0.25, -0.2) is 4.39 Å². The topological polar surface area (TPSA) is 58.6 Å². The van der Waals surface area contributed by atoms with Crippen molar-refractivity contribution < 1.29 is 18.7 Å². The SMILES string of the molecule is Cc1cccc(COc2cccc(C(=O)N3CCC(C(=O)NCCc4ccccc4F)CC3)c2)c1. The molecule has 0 radical (unpaired) electrons. The molecule has 1 fully saturated rings. The van der Waals surface area contributed by atoms with Crippen LogP contribution in [0.25, 0.3) is 0 Å². The molecule has 35 heavy (non-hydrogen) atoms. The van der Waals surface area contributed by atoms with E-state index in [1.807, 2.05) is 37.3 Å². The molecule has 6 heteroatoms. The van der Waals surface area contributed by atoms with Crippen LogP contribution >= 0.6 is 0 Å². The lowest BCUT2D eigenvalue weighted by molar-refractivity contribution is -0.126. The second-order valence-electron chi connectivity index (χ2n) is 9.00. The summed E-state index contributed by atoms with van der Waals surface area (Å²) in [5.74, 6) is 0.188. The first-order valence-electron chi connectivity index (χ1n) is 12.1. The van der Waals surface area contributed by atoms with Gasteiger partial charge in [0.2, 0.25) is 5.91 Å². The van der Waals surface area contributed by atoms with Crippen LogP contribution in [0.3, 0.4) is 0 Å². The lowest BCUT2D eigenvalue weighted by atomic mass is 9.95. The molecule has 0 aliphatic carbocycles. The van der Waals surface area contributed by atoms with E-state index in [2.05, 4.69) is 11.4 Å². The Hall–Kier alpha value is -3.67. The van der Waals surface area contributed by atoms with Gasteiger partial charge < -0.3 is 15.0 Å². The zero-order chi connectivity index (χ0) is 24.6. The van der Waals surface area contributed by atoms with E-state index in [-0.39, 0.29) is 23.5 Å². The van der Waals surface area contributed by atoms with Crippen molar-refractivity contribution in [2.75, 3.05) is 19.6 Å². The monoisotopic (exact) mass is 474 g/mol. The molecule has 1 N–H and O–H groups in total. The Bertz CT molecular complexity index is 1170. The maximum absolute atomic E-state index is 13.7. The number of nitrogens with zero attached hydrogens (tertiary/aromatic N) is 1. The van der Waals surface area contributed by atoms with Gasteiger partial charge in [-0.3, -0.25) is 9.59 Å². The predicted molar refractivity (Wildman–Crippen MR) is 134 cm³/mol. The number of rotatable bonds is 8. The van der Waals surface area contributed by atoms with E-state index in [1.54, 1.807) is 35.2 Å². The number of hydrogen-bond donors (Lipinski definition) is 1. The van der Waals surface area contributed by atoms with Gasteiger partial charge in [0.1, 0.15) is 18.2 Å². The molecule has 1 aliphatic heterocycles. The quantitative estimate of drug-likeness (QED) is 0.504. The second-order valence-corrected chi connectivity index (χ2v) is 9.00. The number of aryl methyl sites for hydroxylation is 1. The molecule has 3 aromatic carbocycles. The lowest BCUT2D eigenvalue weighted by Crippen LogP contribution is -2.43. The average Bonchev–Trinajstić information content (AvgIpc) is 2.88. The molecule has 0 spiro atoms. The molecule has 1 heterocycles. The molecular formula is C29H31FN2O3. The maximum atomic E-state index is 13.7. The zero-order valence-corrected chi connectivity index (χ0v) is 20.0. The van der Waals surface area contributed by atoms with Crippen LogP contribution in [0.15, 0.2) is 72.8 Å². The van der Waals surface area contributed by atoms with Gasteiger partial charge >= 0.3 is 0 Å². The average molecular weight is 475 g/mol. The first kappa shape index (κ1) is 24.5. The molecule has 2 amide bonds. The summed E-state index contributed by atoms with van der Waals surface area (Å²) < 4.78 is 19.6. The van der Waals surface area contributed by atoms with Crippen LogP contribution in [0.4, 0.5) is 4.39 Å². The summed E-state index contributed by atoms with van der Waals surface area (Å²) in [6.45, 7) is 3.93. The van der Waals surface area contributed by atoms with Gasteiger partial charge in [-0.1, -0.05) is 54.1 Å². The van der Waals surface area contributed by atoms with Crippen molar-refractivity contribution in [3.05, 3.63) is 101 Å². The summed E-state index contributed by atoms with van der Waals surface area (Å²) >= 11 is 0. The molecule has 3 aromatic rings. The van der Waals surface area contributed by atoms with Crippen LogP contribution in [0, 0.1) is 18.7 Å². The lowest BCUT2D eigenvalue weighted by Gasteiger charge is -2.31. The molecular weight excluding hydrogens is 443 g/mol. The number of carbonyl (C=O) groups is 2. The fourth-order valence-corrected chi connectivity index (χ4v) is 4.38. The van der Waals surface area contributed by atoms with Gasteiger partial charge in [-0.05, 0) is 61.6 Å². The van der Waals surface area contributed by atoms with E-state index >= 15 is 0 Å². The zero-order valence-electron chi connectivity index (χ0n) is 20.0. The highest BCUT2D eigenvalue weighted by atomic mass is 19.1. The molecule has 182 valence electrons. The van der Waals surface area contributed by atoms with Gasteiger partial charge in [0.25, 0.3) is 5.91 Å². The first-order valence-corrected chi connectivity index (χ1v) is 12.1. The third-order valence-electron chi connectivity index (χ3n) is 6.37. The van der Waals surface area contributed by atoms with Gasteiger partial charge in [0.15, 0.2) is 0 Å². The third-order valence-corrected chi connectivity index (χ3v) is 6.37. The number of piperidine rings is 1. The summed E-state index contributed by atoms with van der Waals surface area (Å²) in [5.41, 5.74) is 3.44. The van der Waals surface area contributed by atoms with E-state index in [4.69, 9.17) is 4.74 Å². The standard InChI is InChI=1S/C29H31FN2O3/c1-21-6-4-7-22(18-21)20-35-26-10-5-9-25(19-26)29(34)32-16-13-24(14-17-32)28(33)31-15-12-23-8-2-3-11-27(23)30/h2-11,18-19,24H,12-17,20H2,1H3,(H,31,33). The smallest absolute Gasteiger partial charge is 0.253 e. The number of hydrogen-bond acceptors (Lipinski definition) is 3. The molecule has 0 aromatic heterocycles. The summed E-state index contributed by atoms with van der Waals surface area (Å²) in [6, 6.07) is 22.0. The van der Waals surface area contributed by atoms with Gasteiger partial charge in [0.05, 0.1) is 0 Å². The molecule has 0 bridgehead atoms. The van der Waals surface area contributed by atoms with E-state index in [9.17, 15) is 14.0 Å². The second kappa shape index (κ2) is 11.6. The summed E-state index contributed by atoms with van der Waals surface area (Å²) in [7, 11) is 0. The minimum atomic E-state index is -0.252. The van der Waals surface area contributed by atoms with Crippen LogP contribution in [0.1, 0.15) is 39.9 Å². The molecule has 5 nitrogen and oxygen atoms in total. The minimum absolute atomic E-state index is 0.0278. The Kier molecular flexibility index (Phi) is 8.14. The predicted octanol–water partition coefficient (Wildman–Crippen LogP) is 4.92. The fourth-order valence-electron chi connectivity index (χ4n) is 4.38. The number of benzene rings is 3. The van der Waals surface area contributed by atoms with Crippen molar-refractivity contribution in [1.82, 2.24) is 10.2 Å². The number of likely N-dealkylation sites (tertiary alicyclic amines) is 1. The molecule has 4 rings (SSSR count). The Morgan fingerprint density at radius 3 is 2.54 bits per heavy atom. The summed E-state index contributed by atoms with van der Waals surface area (Å²) in [6.07, 6.45) is 1.68. The van der Waals surface area contributed by atoms with Crippen LogP contribution in [-0.4, -0.2) is 36.3 Å². The number of nitrogens with one attached hydrogen (secondary N) is 1. The van der Waals surface area contributed by atoms with Crippen molar-refractivity contribution in [3.8, 4) is 5.75 Å². The normalized spacial score (nSPS) is 13.9. The number of ether oxygens (including phenoxy) is 1. The summed E-state index contributed by atoms with van der Waals surface area (Å²) in [5, 5.41) is 2.92. The molecule has 0 atom stereocenters. The molecule has 0 unspecified atom stereocenters. The van der Waals surface area contributed by atoms with Crippen molar-refractivity contribution in [2.24, 2.45) is 5.92 Å². The van der Waals surface area contributed by atoms with Crippen molar-refractivity contribution in [1.29, 1.82) is 0 Å². The Labute approximate surface area is 205 Å². The number of halogens is 1. The van der Waals surface area contributed by atoms with Crippen molar-refractivity contribution in [3.63, 3.8) is 0 Å². The molecule has 1 saturated heterocycles. The molecule has 0 saturated carbocycles. The largest absolute Gasteiger partial charge is 0.489 e. The Morgan fingerprint density at radius 1 is 1.00 bits per heavy atom. The summed E-state index contributed by atoms with van der Waals surface area (Å²) in [4.78, 5) is 27.4. The van der Waals surface area contributed by atoms with Crippen LogP contribution < -0.4 is 10.1 Å². The van der Waals surface area contributed by atoms with E-state index < -0.39 is 0 Å². The van der Waals surface area contributed by atoms with Crippen molar-refractivity contribution in [2.45, 2.75) is 32.8 Å².